The van der Waals surface area contributed by atoms with Gasteiger partial charge in [-0.25, -0.2) is 4.79 Å². The van der Waals surface area contributed by atoms with E-state index in [0.29, 0.717) is 6.54 Å². The summed E-state index contributed by atoms with van der Waals surface area (Å²) >= 11 is 1.12. The molecule has 1 heterocycles. The van der Waals surface area contributed by atoms with Crippen LogP contribution in [0.5, 0.6) is 0 Å². The van der Waals surface area contributed by atoms with Crippen LogP contribution in [-0.4, -0.2) is 16.1 Å². The van der Waals surface area contributed by atoms with Crippen molar-refractivity contribution in [2.24, 2.45) is 0 Å². The van der Waals surface area contributed by atoms with Gasteiger partial charge < -0.3 is 15.4 Å². The first-order valence-corrected chi connectivity index (χ1v) is 5.77. The number of nitrogens with one attached hydrogen (secondary N) is 2. The molecule has 2 aromatic rings. The first kappa shape index (κ1) is 11.4. The largest absolute Gasteiger partial charge is 0.478 e. The number of aromatic amines is 1. The zero-order chi connectivity index (χ0) is 12.3. The minimum atomic E-state index is -0.946. The number of H-pyrrole nitrogens is 1. The molecule has 0 fully saturated rings. The number of hydrogen-bond acceptors (Lipinski definition) is 4. The highest BCUT2D eigenvalue weighted by Gasteiger charge is 2.01. The standard InChI is InChI=1S/C11H10N2O3S/c14-10(15)7-1-3-8(4-2-7)12-5-9-6-17-11(16)13-9/h1-4,6,12H,5H2,(H,13,16)(H,14,15). The first-order valence-electron chi connectivity index (χ1n) is 4.89. The molecule has 0 saturated heterocycles. The Bertz CT molecular complexity index is 571. The van der Waals surface area contributed by atoms with Crippen molar-refractivity contribution in [1.29, 1.82) is 0 Å². The van der Waals surface area contributed by atoms with Crippen LogP contribution in [0.4, 0.5) is 5.69 Å². The molecular weight excluding hydrogens is 240 g/mol. The second-order valence-electron chi connectivity index (χ2n) is 3.41. The lowest BCUT2D eigenvalue weighted by Gasteiger charge is -2.04. The van der Waals surface area contributed by atoms with Gasteiger partial charge in [0, 0.05) is 16.8 Å². The van der Waals surface area contributed by atoms with Crippen LogP contribution in [-0.2, 0) is 6.54 Å². The maximum Gasteiger partial charge on any atom is 0.335 e. The van der Waals surface area contributed by atoms with Crippen LogP contribution in [0.3, 0.4) is 0 Å². The summed E-state index contributed by atoms with van der Waals surface area (Å²) in [7, 11) is 0. The molecule has 0 aliphatic heterocycles. The quantitative estimate of drug-likeness (QED) is 0.772. The molecule has 0 spiro atoms. The Labute approximate surface area is 101 Å². The molecule has 0 radical (unpaired) electrons. The van der Waals surface area contributed by atoms with E-state index in [-0.39, 0.29) is 10.4 Å². The van der Waals surface area contributed by atoms with Crippen LogP contribution in [0.15, 0.2) is 34.4 Å². The number of anilines is 1. The van der Waals surface area contributed by atoms with Gasteiger partial charge in [0.2, 0.25) is 0 Å². The second kappa shape index (κ2) is 4.84. The number of carboxylic acid groups (broad SMARTS) is 1. The number of thiazole rings is 1. The Hall–Kier alpha value is -2.08. The number of carboxylic acids is 1. The van der Waals surface area contributed by atoms with Crippen LogP contribution in [0.1, 0.15) is 16.1 Å². The summed E-state index contributed by atoms with van der Waals surface area (Å²) in [4.78, 5) is 24.1. The van der Waals surface area contributed by atoms with Crippen molar-refractivity contribution in [2.45, 2.75) is 6.54 Å². The molecule has 88 valence electrons. The molecule has 5 nitrogen and oxygen atoms in total. The van der Waals surface area contributed by atoms with Crippen molar-refractivity contribution >= 4 is 23.0 Å². The summed E-state index contributed by atoms with van der Waals surface area (Å²) < 4.78 is 0. The van der Waals surface area contributed by atoms with Gasteiger partial charge in [0.1, 0.15) is 0 Å². The fourth-order valence-electron chi connectivity index (χ4n) is 1.33. The highest BCUT2D eigenvalue weighted by Crippen LogP contribution is 2.10. The molecule has 3 N–H and O–H groups in total. The van der Waals surface area contributed by atoms with Crippen molar-refractivity contribution in [2.75, 3.05) is 5.32 Å². The van der Waals surface area contributed by atoms with Gasteiger partial charge in [0.05, 0.1) is 12.1 Å². The third-order valence-corrected chi connectivity index (χ3v) is 2.90. The predicted octanol–water partition coefficient (Wildman–Crippen LogP) is 1.75. The molecule has 2 rings (SSSR count). The molecule has 0 saturated carbocycles. The highest BCUT2D eigenvalue weighted by molar-refractivity contribution is 7.07. The van der Waals surface area contributed by atoms with Crippen LogP contribution in [0, 0.1) is 0 Å². The average Bonchev–Trinajstić information content (AvgIpc) is 2.73. The molecule has 0 bridgehead atoms. The van der Waals surface area contributed by atoms with E-state index in [1.807, 2.05) is 0 Å². The van der Waals surface area contributed by atoms with E-state index in [4.69, 9.17) is 5.11 Å². The Morgan fingerprint density at radius 3 is 2.59 bits per heavy atom. The number of benzene rings is 1. The Kier molecular flexibility index (Phi) is 3.24. The summed E-state index contributed by atoms with van der Waals surface area (Å²) in [6.07, 6.45) is 0. The molecule has 0 amide bonds. The Morgan fingerprint density at radius 1 is 1.35 bits per heavy atom. The van der Waals surface area contributed by atoms with E-state index in [0.717, 1.165) is 22.7 Å². The molecule has 0 unspecified atom stereocenters. The molecule has 17 heavy (non-hydrogen) atoms. The molecule has 0 aliphatic carbocycles. The Balaban J connectivity index is 2.00. The van der Waals surface area contributed by atoms with Gasteiger partial charge in [-0.2, -0.15) is 0 Å². The van der Waals surface area contributed by atoms with Crippen molar-refractivity contribution in [1.82, 2.24) is 4.98 Å². The smallest absolute Gasteiger partial charge is 0.335 e. The van der Waals surface area contributed by atoms with Crippen LogP contribution in [0.25, 0.3) is 0 Å². The van der Waals surface area contributed by atoms with Gasteiger partial charge in [-0.15, -0.1) is 0 Å². The summed E-state index contributed by atoms with van der Waals surface area (Å²) in [6.45, 7) is 0.505. The summed E-state index contributed by atoms with van der Waals surface area (Å²) in [6, 6.07) is 6.43. The highest BCUT2D eigenvalue weighted by atomic mass is 32.1. The zero-order valence-electron chi connectivity index (χ0n) is 8.77. The third kappa shape index (κ3) is 2.94. The zero-order valence-corrected chi connectivity index (χ0v) is 9.58. The van der Waals surface area contributed by atoms with Gasteiger partial charge in [-0.1, -0.05) is 11.3 Å². The lowest BCUT2D eigenvalue weighted by molar-refractivity contribution is 0.0697. The molecule has 0 aliphatic rings. The van der Waals surface area contributed by atoms with E-state index in [1.54, 1.807) is 17.5 Å². The fourth-order valence-corrected chi connectivity index (χ4v) is 1.91. The molecule has 1 aromatic carbocycles. The number of aromatic carboxylic acids is 1. The van der Waals surface area contributed by atoms with Gasteiger partial charge in [-0.3, -0.25) is 4.79 Å². The third-order valence-electron chi connectivity index (χ3n) is 2.19. The van der Waals surface area contributed by atoms with Crippen molar-refractivity contribution in [3.05, 3.63) is 50.6 Å². The summed E-state index contributed by atoms with van der Waals surface area (Å²) in [5, 5.41) is 13.6. The lowest BCUT2D eigenvalue weighted by Crippen LogP contribution is -2.03. The first-order chi connectivity index (χ1) is 8.15. The molecule has 1 aromatic heterocycles. The number of aromatic nitrogens is 1. The molecule has 0 atom stereocenters. The monoisotopic (exact) mass is 250 g/mol. The minimum Gasteiger partial charge on any atom is -0.478 e. The van der Waals surface area contributed by atoms with E-state index < -0.39 is 5.97 Å². The molecule has 6 heteroatoms. The maximum atomic E-state index is 10.9. The van der Waals surface area contributed by atoms with E-state index in [1.165, 1.54) is 12.1 Å². The average molecular weight is 250 g/mol. The predicted molar refractivity (Wildman–Crippen MR) is 65.7 cm³/mol. The second-order valence-corrected chi connectivity index (χ2v) is 4.25. The number of rotatable bonds is 4. The van der Waals surface area contributed by atoms with E-state index in [2.05, 4.69) is 10.3 Å². The fraction of sp³-hybridized carbons (Fsp3) is 0.0909. The van der Waals surface area contributed by atoms with Crippen molar-refractivity contribution in [3.8, 4) is 0 Å². The van der Waals surface area contributed by atoms with Crippen LogP contribution in [0.2, 0.25) is 0 Å². The SMILES string of the molecule is O=C(O)c1ccc(NCc2csc(=O)[nH]2)cc1. The number of hydrogen-bond donors (Lipinski definition) is 3. The maximum absolute atomic E-state index is 10.9. The number of carbonyl (C=O) groups is 1. The lowest BCUT2D eigenvalue weighted by atomic mass is 10.2. The normalized spacial score (nSPS) is 10.1. The molecular formula is C11H10N2O3S. The van der Waals surface area contributed by atoms with Crippen LogP contribution < -0.4 is 10.2 Å². The van der Waals surface area contributed by atoms with E-state index in [9.17, 15) is 9.59 Å². The Morgan fingerprint density at radius 2 is 2.06 bits per heavy atom. The van der Waals surface area contributed by atoms with Gasteiger partial charge >= 0.3 is 10.8 Å². The van der Waals surface area contributed by atoms with Crippen LogP contribution >= 0.6 is 11.3 Å². The summed E-state index contributed by atoms with van der Waals surface area (Å²) in [5.41, 5.74) is 1.86. The minimum absolute atomic E-state index is 0.0805. The van der Waals surface area contributed by atoms with Crippen molar-refractivity contribution in [3.63, 3.8) is 0 Å². The van der Waals surface area contributed by atoms with Gasteiger partial charge in [0.15, 0.2) is 0 Å². The van der Waals surface area contributed by atoms with Gasteiger partial charge in [-0.05, 0) is 24.3 Å². The van der Waals surface area contributed by atoms with E-state index >= 15 is 0 Å². The topological polar surface area (TPSA) is 82.2 Å². The van der Waals surface area contributed by atoms with Crippen molar-refractivity contribution < 1.29 is 9.90 Å². The summed E-state index contributed by atoms with van der Waals surface area (Å²) in [5.74, 6) is -0.946. The van der Waals surface area contributed by atoms with Gasteiger partial charge in [0.25, 0.3) is 0 Å².